The average Bonchev–Trinajstić information content (AvgIpc) is 2.49. The molecule has 1 aliphatic rings. The van der Waals surface area contributed by atoms with Crippen molar-refractivity contribution in [2.45, 2.75) is 30.8 Å². The molecule has 2 aromatic carbocycles. The summed E-state index contributed by atoms with van der Waals surface area (Å²) in [6.45, 7) is 2.05. The lowest BCUT2D eigenvalue weighted by molar-refractivity contribution is 0.219. The van der Waals surface area contributed by atoms with E-state index in [4.69, 9.17) is 0 Å². The van der Waals surface area contributed by atoms with Crippen molar-refractivity contribution in [1.82, 2.24) is 0 Å². The van der Waals surface area contributed by atoms with Crippen molar-refractivity contribution in [1.29, 1.82) is 0 Å². The van der Waals surface area contributed by atoms with Crippen molar-refractivity contribution in [3.05, 3.63) is 64.2 Å². The van der Waals surface area contributed by atoms with E-state index in [0.29, 0.717) is 0 Å². The van der Waals surface area contributed by atoms with Gasteiger partial charge in [0.1, 0.15) is 6.10 Å². The molecule has 0 bridgehead atoms. The van der Waals surface area contributed by atoms with Crippen LogP contribution in [0.5, 0.6) is 0 Å². The van der Waals surface area contributed by atoms with Crippen LogP contribution in [0.25, 0.3) is 0 Å². The van der Waals surface area contributed by atoms with Crippen molar-refractivity contribution in [2.75, 3.05) is 0 Å². The molecule has 0 aliphatic heterocycles. The molecule has 0 radical (unpaired) electrons. The minimum atomic E-state index is -0.524. The highest BCUT2D eigenvalue weighted by Gasteiger charge is 2.22. The summed E-state index contributed by atoms with van der Waals surface area (Å²) in [5.74, 6) is 0. The Kier molecular flexibility index (Phi) is 2.92. The van der Waals surface area contributed by atoms with Crippen LogP contribution in [-0.4, -0.2) is 5.11 Å². The second-order valence-electron chi connectivity index (χ2n) is 4.95. The summed E-state index contributed by atoms with van der Waals surface area (Å²) < 4.78 is 0. The zero-order valence-electron chi connectivity index (χ0n) is 10.4. The smallest absolute Gasteiger partial charge is 0.105 e. The van der Waals surface area contributed by atoms with Crippen molar-refractivity contribution in [2.24, 2.45) is 0 Å². The van der Waals surface area contributed by atoms with Gasteiger partial charge in [-0.15, -0.1) is 12.6 Å². The van der Waals surface area contributed by atoms with Crippen LogP contribution < -0.4 is 0 Å². The molecule has 2 heteroatoms. The van der Waals surface area contributed by atoms with E-state index in [2.05, 4.69) is 30.8 Å². The minimum absolute atomic E-state index is 0.524. The number of fused-ring (bicyclic) bond motifs is 2. The summed E-state index contributed by atoms with van der Waals surface area (Å²) in [4.78, 5) is 0.997. The fourth-order valence-corrected chi connectivity index (χ4v) is 3.24. The van der Waals surface area contributed by atoms with Crippen molar-refractivity contribution in [3.63, 3.8) is 0 Å². The van der Waals surface area contributed by atoms with E-state index in [-0.39, 0.29) is 0 Å². The molecule has 3 rings (SSSR count). The Balaban J connectivity index is 2.22. The molecule has 92 valence electrons. The average molecular weight is 256 g/mol. The summed E-state index contributed by atoms with van der Waals surface area (Å²) >= 11 is 4.56. The highest BCUT2D eigenvalue weighted by atomic mass is 32.1. The van der Waals surface area contributed by atoms with Crippen molar-refractivity contribution >= 4 is 12.6 Å². The van der Waals surface area contributed by atoms with E-state index in [1.807, 2.05) is 25.1 Å². The lowest BCUT2D eigenvalue weighted by Gasteiger charge is -2.16. The maximum absolute atomic E-state index is 10.6. The number of aliphatic hydroxyl groups excluding tert-OH is 1. The van der Waals surface area contributed by atoms with Gasteiger partial charge in [0.05, 0.1) is 0 Å². The predicted molar refractivity (Wildman–Crippen MR) is 76.3 cm³/mol. The van der Waals surface area contributed by atoms with Crippen LogP contribution in [0.4, 0.5) is 0 Å². The maximum atomic E-state index is 10.6. The van der Waals surface area contributed by atoms with Crippen LogP contribution in [-0.2, 0) is 12.8 Å². The predicted octanol–water partition coefficient (Wildman–Crippen LogP) is 3.46. The van der Waals surface area contributed by atoms with E-state index in [1.54, 1.807) is 0 Å². The summed E-state index contributed by atoms with van der Waals surface area (Å²) in [7, 11) is 0. The zero-order chi connectivity index (χ0) is 12.7. The molecule has 18 heavy (non-hydrogen) atoms. The Labute approximate surface area is 113 Å². The monoisotopic (exact) mass is 256 g/mol. The van der Waals surface area contributed by atoms with Crippen LogP contribution in [0.2, 0.25) is 0 Å². The molecule has 0 fully saturated rings. The molecule has 1 aliphatic carbocycles. The van der Waals surface area contributed by atoms with Gasteiger partial charge in [0.15, 0.2) is 0 Å². The number of hydrogen-bond acceptors (Lipinski definition) is 2. The summed E-state index contributed by atoms with van der Waals surface area (Å²) in [5, 5.41) is 10.6. The van der Waals surface area contributed by atoms with Gasteiger partial charge in [0.25, 0.3) is 0 Å². The van der Waals surface area contributed by atoms with Crippen molar-refractivity contribution in [3.8, 4) is 0 Å². The van der Waals surface area contributed by atoms with E-state index >= 15 is 0 Å². The van der Waals surface area contributed by atoms with Gasteiger partial charge in [-0.1, -0.05) is 30.3 Å². The van der Waals surface area contributed by atoms with Crippen LogP contribution in [0.1, 0.15) is 33.9 Å². The van der Waals surface area contributed by atoms with E-state index in [1.165, 1.54) is 11.1 Å². The lowest BCUT2D eigenvalue weighted by Crippen LogP contribution is -2.03. The van der Waals surface area contributed by atoms with Gasteiger partial charge in [-0.2, -0.15) is 0 Å². The third-order valence-electron chi connectivity index (χ3n) is 3.69. The standard InChI is InChI=1S/C16H16OS/c1-10-8-14-13(15(18)9-10)7-6-11-4-2-3-5-12(11)16(14)17/h2-5,8-9,16-18H,6-7H2,1H3. The molecule has 0 amide bonds. The fourth-order valence-electron chi connectivity index (χ4n) is 2.80. The number of benzene rings is 2. The largest absolute Gasteiger partial charge is 0.384 e. The SMILES string of the molecule is Cc1cc(S)c2c(c1)C(O)c1ccccc1CC2. The second kappa shape index (κ2) is 4.45. The van der Waals surface area contributed by atoms with Crippen molar-refractivity contribution < 1.29 is 5.11 Å². The number of aryl methyl sites for hydroxylation is 2. The zero-order valence-corrected chi connectivity index (χ0v) is 11.2. The molecule has 0 saturated carbocycles. The Morgan fingerprint density at radius 3 is 2.72 bits per heavy atom. The number of rotatable bonds is 0. The van der Waals surface area contributed by atoms with Gasteiger partial charge in [-0.3, -0.25) is 0 Å². The Morgan fingerprint density at radius 1 is 1.11 bits per heavy atom. The summed E-state index contributed by atoms with van der Waals surface area (Å²) in [6, 6.07) is 12.3. The first kappa shape index (κ1) is 11.8. The molecule has 1 atom stereocenters. The number of hydrogen-bond donors (Lipinski definition) is 2. The summed E-state index contributed by atoms with van der Waals surface area (Å²) in [6.07, 6.45) is 1.39. The third kappa shape index (κ3) is 1.86. The first-order valence-electron chi connectivity index (χ1n) is 6.25. The number of aliphatic hydroxyl groups is 1. The molecule has 0 aromatic heterocycles. The van der Waals surface area contributed by atoms with E-state index in [0.717, 1.165) is 34.4 Å². The van der Waals surface area contributed by atoms with Crippen LogP contribution >= 0.6 is 12.6 Å². The second-order valence-corrected chi connectivity index (χ2v) is 5.43. The molecule has 0 heterocycles. The van der Waals surface area contributed by atoms with Crippen LogP contribution in [0.15, 0.2) is 41.3 Å². The Bertz CT molecular complexity index is 604. The molecule has 0 spiro atoms. The van der Waals surface area contributed by atoms with Gasteiger partial charge >= 0.3 is 0 Å². The molecule has 0 saturated heterocycles. The first-order valence-corrected chi connectivity index (χ1v) is 6.70. The minimum Gasteiger partial charge on any atom is -0.384 e. The van der Waals surface area contributed by atoms with Gasteiger partial charge in [-0.25, -0.2) is 0 Å². The highest BCUT2D eigenvalue weighted by molar-refractivity contribution is 7.80. The van der Waals surface area contributed by atoms with Crippen LogP contribution in [0.3, 0.4) is 0 Å². The quantitative estimate of drug-likeness (QED) is 0.692. The highest BCUT2D eigenvalue weighted by Crippen LogP contribution is 2.35. The molecular weight excluding hydrogens is 240 g/mol. The van der Waals surface area contributed by atoms with Crippen LogP contribution in [0, 0.1) is 6.92 Å². The Morgan fingerprint density at radius 2 is 1.89 bits per heavy atom. The Hall–Kier alpha value is -1.25. The topological polar surface area (TPSA) is 20.2 Å². The van der Waals surface area contributed by atoms with Gasteiger partial charge in [-0.05, 0) is 53.6 Å². The number of thiol groups is 1. The molecule has 1 N–H and O–H groups in total. The van der Waals surface area contributed by atoms with E-state index in [9.17, 15) is 5.11 Å². The first-order chi connectivity index (χ1) is 8.66. The normalized spacial score (nSPS) is 17.8. The van der Waals surface area contributed by atoms with E-state index < -0.39 is 6.10 Å². The lowest BCUT2D eigenvalue weighted by atomic mass is 9.96. The molecule has 1 nitrogen and oxygen atoms in total. The molecule has 1 unspecified atom stereocenters. The summed E-state index contributed by atoms with van der Waals surface area (Å²) in [5.41, 5.74) is 5.64. The molecule has 2 aromatic rings. The van der Waals surface area contributed by atoms with Gasteiger partial charge < -0.3 is 5.11 Å². The van der Waals surface area contributed by atoms with Gasteiger partial charge in [0.2, 0.25) is 0 Å². The fraction of sp³-hybridized carbons (Fsp3) is 0.250. The third-order valence-corrected chi connectivity index (χ3v) is 4.09. The molecular formula is C16H16OS. The maximum Gasteiger partial charge on any atom is 0.105 e. The van der Waals surface area contributed by atoms with Gasteiger partial charge in [0, 0.05) is 4.90 Å².